The van der Waals surface area contributed by atoms with Gasteiger partial charge in [0.25, 0.3) is 0 Å². The molecule has 2 saturated carbocycles. The van der Waals surface area contributed by atoms with Crippen LogP contribution in [0.5, 0.6) is 0 Å². The SMILES string of the molecule is CN(CC1(F)COC1)CC1(N(C=O)CC2CC2)CC(c2cccc(F)c2)(N(C)C)C1. The molecule has 1 aromatic carbocycles. The number of rotatable bonds is 10. The van der Waals surface area contributed by atoms with Gasteiger partial charge in [-0.15, -0.1) is 0 Å². The van der Waals surface area contributed by atoms with E-state index in [2.05, 4.69) is 4.90 Å². The first-order valence-corrected chi connectivity index (χ1v) is 10.8. The summed E-state index contributed by atoms with van der Waals surface area (Å²) >= 11 is 0. The summed E-state index contributed by atoms with van der Waals surface area (Å²) < 4.78 is 33.7. The van der Waals surface area contributed by atoms with Crippen LogP contribution >= 0.6 is 0 Å². The van der Waals surface area contributed by atoms with E-state index in [1.54, 1.807) is 12.1 Å². The van der Waals surface area contributed by atoms with Gasteiger partial charge in [0.05, 0.1) is 24.3 Å². The smallest absolute Gasteiger partial charge is 0.210 e. The monoisotopic (exact) mass is 421 g/mol. The summed E-state index contributed by atoms with van der Waals surface area (Å²) in [6, 6.07) is 6.76. The van der Waals surface area contributed by atoms with Crippen LogP contribution in [0.4, 0.5) is 8.78 Å². The summed E-state index contributed by atoms with van der Waals surface area (Å²) in [6.07, 6.45) is 4.67. The third-order valence-electron chi connectivity index (χ3n) is 7.19. The lowest BCUT2D eigenvalue weighted by Crippen LogP contribution is -2.71. The standard InChI is InChI=1S/C23H33F2N3O2/c1-26(2)23(19-5-4-6-20(24)9-19)11-22(12-23,28(17-29)10-18-7-8-18)14-27(3)13-21(25)15-30-16-21/h4-6,9,17-18H,7-8,10-16H2,1-3H3. The number of amides is 1. The molecule has 0 spiro atoms. The lowest BCUT2D eigenvalue weighted by molar-refractivity contribution is -0.158. The molecule has 7 heteroatoms. The van der Waals surface area contributed by atoms with Crippen LogP contribution in [-0.2, 0) is 15.1 Å². The molecule has 4 rings (SSSR count). The zero-order chi connectivity index (χ0) is 21.6. The molecule has 30 heavy (non-hydrogen) atoms. The Labute approximate surface area is 178 Å². The molecule has 0 unspecified atom stereocenters. The Bertz CT molecular complexity index is 773. The van der Waals surface area contributed by atoms with E-state index < -0.39 is 11.2 Å². The van der Waals surface area contributed by atoms with Crippen molar-refractivity contribution in [2.45, 2.75) is 42.4 Å². The number of carbonyl (C=O) groups is 1. The van der Waals surface area contributed by atoms with Gasteiger partial charge in [-0.05, 0) is 70.4 Å². The molecular weight excluding hydrogens is 388 g/mol. The van der Waals surface area contributed by atoms with E-state index in [1.165, 1.54) is 6.07 Å². The zero-order valence-corrected chi connectivity index (χ0v) is 18.2. The second kappa shape index (κ2) is 7.84. The predicted molar refractivity (Wildman–Crippen MR) is 111 cm³/mol. The molecule has 166 valence electrons. The van der Waals surface area contributed by atoms with Crippen LogP contribution in [0.2, 0.25) is 0 Å². The van der Waals surface area contributed by atoms with Crippen molar-refractivity contribution >= 4 is 6.41 Å². The molecular formula is C23H33F2N3O2. The molecule has 3 aliphatic rings. The largest absolute Gasteiger partial charge is 0.375 e. The molecule has 0 radical (unpaired) electrons. The summed E-state index contributed by atoms with van der Waals surface area (Å²) in [5.74, 6) is 0.311. The van der Waals surface area contributed by atoms with E-state index in [0.717, 1.165) is 31.4 Å². The highest BCUT2D eigenvalue weighted by Crippen LogP contribution is 2.55. The number of nitrogens with zero attached hydrogens (tertiary/aromatic N) is 3. The first-order chi connectivity index (χ1) is 14.2. The molecule has 0 bridgehead atoms. The van der Waals surface area contributed by atoms with E-state index in [1.807, 2.05) is 37.0 Å². The van der Waals surface area contributed by atoms with Crippen molar-refractivity contribution in [1.82, 2.24) is 14.7 Å². The lowest BCUT2D eigenvalue weighted by atomic mass is 9.58. The lowest BCUT2D eigenvalue weighted by Gasteiger charge is -2.63. The Hall–Kier alpha value is -1.57. The van der Waals surface area contributed by atoms with Gasteiger partial charge in [-0.1, -0.05) is 12.1 Å². The van der Waals surface area contributed by atoms with Crippen LogP contribution in [-0.4, -0.2) is 86.3 Å². The molecule has 0 atom stereocenters. The summed E-state index contributed by atoms with van der Waals surface area (Å²) in [5.41, 5.74) is -1.11. The highest BCUT2D eigenvalue weighted by atomic mass is 19.1. The van der Waals surface area contributed by atoms with Gasteiger partial charge in [-0.25, -0.2) is 8.78 Å². The van der Waals surface area contributed by atoms with E-state index in [9.17, 15) is 13.6 Å². The fourth-order valence-electron chi connectivity index (χ4n) is 5.38. The molecule has 1 amide bonds. The summed E-state index contributed by atoms with van der Waals surface area (Å²) in [4.78, 5) is 18.2. The molecule has 3 fully saturated rings. The van der Waals surface area contributed by atoms with Gasteiger partial charge in [0.1, 0.15) is 5.82 Å². The maximum Gasteiger partial charge on any atom is 0.210 e. The Morgan fingerprint density at radius 2 is 1.87 bits per heavy atom. The van der Waals surface area contributed by atoms with Gasteiger partial charge < -0.3 is 14.5 Å². The van der Waals surface area contributed by atoms with Gasteiger partial charge in [0.15, 0.2) is 5.67 Å². The van der Waals surface area contributed by atoms with Crippen LogP contribution in [0.15, 0.2) is 24.3 Å². The van der Waals surface area contributed by atoms with Gasteiger partial charge in [0, 0.05) is 19.6 Å². The zero-order valence-electron chi connectivity index (χ0n) is 18.2. The maximum absolute atomic E-state index is 14.6. The van der Waals surface area contributed by atoms with Crippen LogP contribution in [0.3, 0.4) is 0 Å². The molecule has 1 aromatic rings. The van der Waals surface area contributed by atoms with Gasteiger partial charge >= 0.3 is 0 Å². The van der Waals surface area contributed by atoms with Crippen molar-refractivity contribution in [3.8, 4) is 0 Å². The van der Waals surface area contributed by atoms with Crippen molar-refractivity contribution in [1.29, 1.82) is 0 Å². The molecule has 5 nitrogen and oxygen atoms in total. The van der Waals surface area contributed by atoms with E-state index >= 15 is 0 Å². The number of likely N-dealkylation sites (N-methyl/N-ethyl adjacent to an activating group) is 1. The first kappa shape index (κ1) is 21.7. The van der Waals surface area contributed by atoms with Crippen LogP contribution < -0.4 is 0 Å². The van der Waals surface area contributed by atoms with Crippen LogP contribution in [0.1, 0.15) is 31.2 Å². The summed E-state index contributed by atoms with van der Waals surface area (Å²) in [7, 11) is 5.93. The number of ether oxygens (including phenoxy) is 1. The highest BCUT2D eigenvalue weighted by molar-refractivity contribution is 5.51. The van der Waals surface area contributed by atoms with Crippen LogP contribution in [0, 0.1) is 11.7 Å². The molecule has 1 saturated heterocycles. The van der Waals surface area contributed by atoms with Crippen molar-refractivity contribution in [2.75, 3.05) is 54.0 Å². The second-order valence-electron chi connectivity index (χ2n) is 10.0. The number of hydrogen-bond acceptors (Lipinski definition) is 4. The third kappa shape index (κ3) is 3.99. The van der Waals surface area contributed by atoms with Gasteiger partial charge in [0.2, 0.25) is 6.41 Å². The highest BCUT2D eigenvalue weighted by Gasteiger charge is 2.60. The molecule has 0 N–H and O–H groups in total. The second-order valence-corrected chi connectivity index (χ2v) is 10.0. The average Bonchev–Trinajstić information content (AvgIpc) is 3.45. The van der Waals surface area contributed by atoms with Crippen molar-refractivity contribution < 1.29 is 18.3 Å². The van der Waals surface area contributed by atoms with E-state index in [-0.39, 0.29) is 24.6 Å². The Morgan fingerprint density at radius 3 is 2.37 bits per heavy atom. The quantitative estimate of drug-likeness (QED) is 0.545. The van der Waals surface area contributed by atoms with Crippen LogP contribution in [0.25, 0.3) is 0 Å². The minimum Gasteiger partial charge on any atom is -0.375 e. The number of carbonyl (C=O) groups excluding carboxylic acids is 1. The average molecular weight is 422 g/mol. The maximum atomic E-state index is 14.6. The minimum atomic E-state index is -1.30. The van der Waals surface area contributed by atoms with E-state index in [4.69, 9.17) is 4.74 Å². The molecule has 2 aliphatic carbocycles. The topological polar surface area (TPSA) is 36.0 Å². The fraction of sp³-hybridized carbons (Fsp3) is 0.696. The van der Waals surface area contributed by atoms with Gasteiger partial charge in [-0.2, -0.15) is 0 Å². The first-order valence-electron chi connectivity index (χ1n) is 10.8. The Kier molecular flexibility index (Phi) is 5.66. The molecule has 0 aromatic heterocycles. The summed E-state index contributed by atoms with van der Waals surface area (Å²) in [6.45, 7) is 1.90. The number of alkyl halides is 1. The third-order valence-corrected chi connectivity index (χ3v) is 7.19. The van der Waals surface area contributed by atoms with Gasteiger partial charge in [-0.3, -0.25) is 9.69 Å². The summed E-state index contributed by atoms with van der Waals surface area (Å²) in [5, 5.41) is 0. The molecule has 1 heterocycles. The van der Waals surface area contributed by atoms with Crippen molar-refractivity contribution in [3.05, 3.63) is 35.6 Å². The van der Waals surface area contributed by atoms with E-state index in [0.29, 0.717) is 31.8 Å². The minimum absolute atomic E-state index is 0.134. The van der Waals surface area contributed by atoms with Crippen molar-refractivity contribution in [2.24, 2.45) is 5.92 Å². The van der Waals surface area contributed by atoms with Crippen molar-refractivity contribution in [3.63, 3.8) is 0 Å². The fourth-order valence-corrected chi connectivity index (χ4v) is 5.38. The number of hydrogen-bond donors (Lipinski definition) is 0. The predicted octanol–water partition coefficient (Wildman–Crippen LogP) is 2.65. The number of benzene rings is 1. The normalized spacial score (nSPS) is 30.1. The number of halogens is 2. The Balaban J connectivity index is 1.59. The molecule has 1 aliphatic heterocycles. The Morgan fingerprint density at radius 1 is 1.17 bits per heavy atom.